The second-order valence-corrected chi connectivity index (χ2v) is 6.23. The monoisotopic (exact) mass is 264 g/mol. The van der Waals surface area contributed by atoms with Crippen molar-refractivity contribution < 1.29 is 4.39 Å². The van der Waals surface area contributed by atoms with Crippen LogP contribution in [0.15, 0.2) is 18.2 Å². The van der Waals surface area contributed by atoms with Gasteiger partial charge >= 0.3 is 0 Å². The van der Waals surface area contributed by atoms with Crippen molar-refractivity contribution in [2.75, 3.05) is 13.1 Å². The SMILES string of the molecule is Cc1cc(F)ccc1CC(N)C(C)(C)N1CCCC1. The second-order valence-electron chi connectivity index (χ2n) is 6.23. The Balaban J connectivity index is 2.09. The van der Waals surface area contributed by atoms with Crippen LogP contribution in [-0.4, -0.2) is 29.6 Å². The van der Waals surface area contributed by atoms with Crippen LogP contribution in [0.1, 0.15) is 37.8 Å². The average Bonchev–Trinajstić information content (AvgIpc) is 2.86. The molecule has 1 atom stereocenters. The van der Waals surface area contributed by atoms with Crippen molar-refractivity contribution in [2.45, 2.75) is 51.6 Å². The maximum Gasteiger partial charge on any atom is 0.123 e. The van der Waals surface area contributed by atoms with Gasteiger partial charge in [-0.15, -0.1) is 0 Å². The molecule has 0 amide bonds. The zero-order valence-electron chi connectivity index (χ0n) is 12.2. The smallest absolute Gasteiger partial charge is 0.123 e. The van der Waals surface area contributed by atoms with Gasteiger partial charge in [0, 0.05) is 11.6 Å². The fourth-order valence-corrected chi connectivity index (χ4v) is 2.90. The van der Waals surface area contributed by atoms with Gasteiger partial charge in [0.15, 0.2) is 0 Å². The molecule has 3 heteroatoms. The van der Waals surface area contributed by atoms with E-state index >= 15 is 0 Å². The number of benzene rings is 1. The Labute approximate surface area is 115 Å². The number of hydrogen-bond donors (Lipinski definition) is 1. The second kappa shape index (κ2) is 5.59. The van der Waals surface area contributed by atoms with Crippen LogP contribution < -0.4 is 5.73 Å². The highest BCUT2D eigenvalue weighted by atomic mass is 19.1. The highest BCUT2D eigenvalue weighted by molar-refractivity contribution is 5.28. The molecule has 0 bridgehead atoms. The summed E-state index contributed by atoms with van der Waals surface area (Å²) in [7, 11) is 0. The molecule has 0 spiro atoms. The van der Waals surface area contributed by atoms with Crippen LogP contribution in [0, 0.1) is 12.7 Å². The van der Waals surface area contributed by atoms with Crippen molar-refractivity contribution in [3.8, 4) is 0 Å². The molecule has 1 aliphatic heterocycles. The van der Waals surface area contributed by atoms with Gasteiger partial charge in [0.05, 0.1) is 0 Å². The largest absolute Gasteiger partial charge is 0.326 e. The molecule has 0 radical (unpaired) electrons. The van der Waals surface area contributed by atoms with E-state index in [1.807, 2.05) is 13.0 Å². The van der Waals surface area contributed by atoms with Gasteiger partial charge in [-0.3, -0.25) is 4.90 Å². The van der Waals surface area contributed by atoms with E-state index in [2.05, 4.69) is 18.7 Å². The van der Waals surface area contributed by atoms with E-state index in [4.69, 9.17) is 5.73 Å². The van der Waals surface area contributed by atoms with Crippen molar-refractivity contribution in [1.29, 1.82) is 0 Å². The van der Waals surface area contributed by atoms with E-state index in [0.717, 1.165) is 30.6 Å². The van der Waals surface area contributed by atoms with Crippen LogP contribution in [0.5, 0.6) is 0 Å². The fraction of sp³-hybridized carbons (Fsp3) is 0.625. The predicted octanol–water partition coefficient (Wildman–Crippen LogP) is 2.88. The molecule has 1 saturated heterocycles. The van der Waals surface area contributed by atoms with Crippen molar-refractivity contribution in [2.24, 2.45) is 5.73 Å². The quantitative estimate of drug-likeness (QED) is 0.906. The lowest BCUT2D eigenvalue weighted by atomic mass is 9.87. The Hall–Kier alpha value is -0.930. The molecule has 1 aromatic rings. The van der Waals surface area contributed by atoms with Gasteiger partial charge in [0.1, 0.15) is 5.82 Å². The molecule has 2 N–H and O–H groups in total. The summed E-state index contributed by atoms with van der Waals surface area (Å²) >= 11 is 0. The molecular formula is C16H25FN2. The van der Waals surface area contributed by atoms with Crippen LogP contribution in [0.4, 0.5) is 4.39 Å². The number of likely N-dealkylation sites (tertiary alicyclic amines) is 1. The van der Waals surface area contributed by atoms with E-state index in [0.29, 0.717) is 0 Å². The topological polar surface area (TPSA) is 29.3 Å². The van der Waals surface area contributed by atoms with Gasteiger partial charge < -0.3 is 5.73 Å². The third-order valence-corrected chi connectivity index (χ3v) is 4.57. The Morgan fingerprint density at radius 1 is 1.32 bits per heavy atom. The Bertz CT molecular complexity index is 436. The number of aryl methyl sites for hydroxylation is 1. The van der Waals surface area contributed by atoms with Crippen LogP contribution in [-0.2, 0) is 6.42 Å². The first-order valence-corrected chi connectivity index (χ1v) is 7.17. The Kier molecular flexibility index (Phi) is 4.26. The lowest BCUT2D eigenvalue weighted by Crippen LogP contribution is -2.56. The summed E-state index contributed by atoms with van der Waals surface area (Å²) in [6.07, 6.45) is 3.34. The van der Waals surface area contributed by atoms with Crippen LogP contribution in [0.2, 0.25) is 0 Å². The lowest BCUT2D eigenvalue weighted by molar-refractivity contribution is 0.123. The lowest BCUT2D eigenvalue weighted by Gasteiger charge is -2.40. The molecule has 1 unspecified atom stereocenters. The van der Waals surface area contributed by atoms with Crippen LogP contribution >= 0.6 is 0 Å². The summed E-state index contributed by atoms with van der Waals surface area (Å²) in [4.78, 5) is 2.48. The number of halogens is 1. The maximum atomic E-state index is 13.1. The number of hydrogen-bond acceptors (Lipinski definition) is 2. The van der Waals surface area contributed by atoms with Gasteiger partial charge in [0.2, 0.25) is 0 Å². The van der Waals surface area contributed by atoms with Crippen molar-refractivity contribution in [1.82, 2.24) is 4.90 Å². The van der Waals surface area contributed by atoms with Crippen LogP contribution in [0.25, 0.3) is 0 Å². The summed E-state index contributed by atoms with van der Waals surface area (Å²) in [6, 6.07) is 5.04. The maximum absolute atomic E-state index is 13.1. The minimum Gasteiger partial charge on any atom is -0.326 e. The minimum atomic E-state index is -0.173. The molecule has 1 fully saturated rings. The van der Waals surface area contributed by atoms with Crippen molar-refractivity contribution >= 4 is 0 Å². The first kappa shape index (κ1) is 14.5. The first-order valence-electron chi connectivity index (χ1n) is 7.17. The van der Waals surface area contributed by atoms with E-state index in [1.165, 1.54) is 18.9 Å². The molecule has 1 heterocycles. The zero-order chi connectivity index (χ0) is 14.0. The zero-order valence-corrected chi connectivity index (χ0v) is 12.2. The standard InChI is InChI=1S/C16H25FN2/c1-12-10-14(17)7-6-13(12)11-15(18)16(2,3)19-8-4-5-9-19/h6-7,10,15H,4-5,8-9,11,18H2,1-3H3. The van der Waals surface area contributed by atoms with Gasteiger partial charge in [0.25, 0.3) is 0 Å². The third kappa shape index (κ3) is 3.15. The minimum absolute atomic E-state index is 0.00265. The average molecular weight is 264 g/mol. The van der Waals surface area contributed by atoms with E-state index in [1.54, 1.807) is 6.07 Å². The summed E-state index contributed by atoms with van der Waals surface area (Å²) in [5.74, 6) is -0.173. The molecule has 106 valence electrons. The number of nitrogens with zero attached hydrogens (tertiary/aromatic N) is 1. The first-order chi connectivity index (χ1) is 8.91. The molecule has 2 nitrogen and oxygen atoms in total. The van der Waals surface area contributed by atoms with E-state index in [-0.39, 0.29) is 17.4 Å². The molecule has 2 rings (SSSR count). The number of rotatable bonds is 4. The van der Waals surface area contributed by atoms with Crippen LogP contribution in [0.3, 0.4) is 0 Å². The Morgan fingerprint density at radius 2 is 1.95 bits per heavy atom. The fourth-order valence-electron chi connectivity index (χ4n) is 2.90. The molecule has 0 aliphatic carbocycles. The molecule has 1 aromatic carbocycles. The highest BCUT2D eigenvalue weighted by Gasteiger charge is 2.34. The molecule has 0 saturated carbocycles. The summed E-state index contributed by atoms with van der Waals surface area (Å²) < 4.78 is 13.1. The van der Waals surface area contributed by atoms with Gasteiger partial charge in [-0.05, 0) is 76.4 Å². The predicted molar refractivity (Wildman–Crippen MR) is 77.7 cm³/mol. The molecule has 0 aromatic heterocycles. The molecular weight excluding hydrogens is 239 g/mol. The van der Waals surface area contributed by atoms with Gasteiger partial charge in [-0.25, -0.2) is 4.39 Å². The highest BCUT2D eigenvalue weighted by Crippen LogP contribution is 2.26. The summed E-state index contributed by atoms with van der Waals surface area (Å²) in [6.45, 7) is 8.68. The van der Waals surface area contributed by atoms with E-state index < -0.39 is 0 Å². The normalized spacial score (nSPS) is 18.8. The van der Waals surface area contributed by atoms with Gasteiger partial charge in [-0.2, -0.15) is 0 Å². The Morgan fingerprint density at radius 3 is 2.53 bits per heavy atom. The molecule has 19 heavy (non-hydrogen) atoms. The number of nitrogens with two attached hydrogens (primary N) is 1. The summed E-state index contributed by atoms with van der Waals surface area (Å²) in [5, 5.41) is 0. The van der Waals surface area contributed by atoms with Crippen molar-refractivity contribution in [3.63, 3.8) is 0 Å². The van der Waals surface area contributed by atoms with Crippen molar-refractivity contribution in [3.05, 3.63) is 35.1 Å². The molecule has 1 aliphatic rings. The third-order valence-electron chi connectivity index (χ3n) is 4.57. The van der Waals surface area contributed by atoms with Gasteiger partial charge in [-0.1, -0.05) is 6.07 Å². The summed E-state index contributed by atoms with van der Waals surface area (Å²) in [5.41, 5.74) is 8.58. The van der Waals surface area contributed by atoms with E-state index in [9.17, 15) is 4.39 Å².